The number of halogens is 2. The molecule has 1 aromatic rings. The minimum atomic E-state index is -2.88. The largest absolute Gasteiger partial charge is 0.490 e. The Labute approximate surface area is 122 Å². The molecule has 1 aromatic carbocycles. The van der Waals surface area contributed by atoms with E-state index in [0.29, 0.717) is 38.7 Å². The van der Waals surface area contributed by atoms with Crippen molar-refractivity contribution >= 4 is 0 Å². The molecule has 0 radical (unpaired) electrons. The van der Waals surface area contributed by atoms with E-state index < -0.39 is 6.61 Å². The molecule has 0 unspecified atom stereocenters. The van der Waals surface area contributed by atoms with Crippen LogP contribution in [-0.2, 0) is 11.3 Å². The Morgan fingerprint density at radius 2 is 2.05 bits per heavy atom. The summed E-state index contributed by atoms with van der Waals surface area (Å²) < 4.78 is 39.3. The van der Waals surface area contributed by atoms with E-state index in [0.717, 1.165) is 5.56 Å². The molecular weight excluding hydrogens is 284 g/mol. The highest BCUT2D eigenvalue weighted by Gasteiger charge is 2.11. The van der Waals surface area contributed by atoms with Gasteiger partial charge in [-0.15, -0.1) is 0 Å². The third-order valence-electron chi connectivity index (χ3n) is 2.51. The molecule has 5 nitrogen and oxygen atoms in total. The van der Waals surface area contributed by atoms with Gasteiger partial charge >= 0.3 is 6.61 Å². The Bertz CT molecular complexity index is 405. The van der Waals surface area contributed by atoms with Crippen LogP contribution in [0.15, 0.2) is 18.2 Å². The van der Waals surface area contributed by atoms with Crippen molar-refractivity contribution in [1.29, 1.82) is 0 Å². The summed E-state index contributed by atoms with van der Waals surface area (Å²) in [5.41, 5.74) is 0.891. The van der Waals surface area contributed by atoms with Crippen molar-refractivity contribution in [3.8, 4) is 11.5 Å². The highest BCUT2D eigenvalue weighted by atomic mass is 19.3. The van der Waals surface area contributed by atoms with E-state index in [1.165, 1.54) is 6.07 Å². The summed E-state index contributed by atoms with van der Waals surface area (Å²) in [5.74, 6) is 0.329. The lowest BCUT2D eigenvalue weighted by atomic mass is 10.2. The van der Waals surface area contributed by atoms with Crippen LogP contribution in [0.1, 0.15) is 12.5 Å². The molecule has 0 aliphatic carbocycles. The molecule has 0 fully saturated rings. The van der Waals surface area contributed by atoms with Crippen LogP contribution in [0, 0.1) is 0 Å². The third kappa shape index (κ3) is 7.22. The molecule has 1 rings (SSSR count). The molecule has 21 heavy (non-hydrogen) atoms. The number of nitrogens with one attached hydrogen (secondary N) is 1. The average molecular weight is 305 g/mol. The zero-order valence-electron chi connectivity index (χ0n) is 12.0. The first-order chi connectivity index (χ1) is 10.2. The Morgan fingerprint density at radius 3 is 2.71 bits per heavy atom. The van der Waals surface area contributed by atoms with Gasteiger partial charge < -0.3 is 24.6 Å². The van der Waals surface area contributed by atoms with Crippen molar-refractivity contribution in [3.05, 3.63) is 23.8 Å². The lowest BCUT2D eigenvalue weighted by Crippen LogP contribution is -2.20. The molecule has 120 valence electrons. The van der Waals surface area contributed by atoms with E-state index in [1.54, 1.807) is 19.1 Å². The number of rotatable bonds is 11. The van der Waals surface area contributed by atoms with Crippen molar-refractivity contribution in [3.63, 3.8) is 0 Å². The van der Waals surface area contributed by atoms with Crippen LogP contribution in [-0.4, -0.2) is 44.7 Å². The fourth-order valence-corrected chi connectivity index (χ4v) is 1.67. The zero-order chi connectivity index (χ0) is 15.5. The van der Waals surface area contributed by atoms with E-state index in [2.05, 4.69) is 10.1 Å². The van der Waals surface area contributed by atoms with Crippen LogP contribution in [0.2, 0.25) is 0 Å². The minimum absolute atomic E-state index is 0.00329. The third-order valence-corrected chi connectivity index (χ3v) is 2.51. The average Bonchev–Trinajstić information content (AvgIpc) is 2.45. The summed E-state index contributed by atoms with van der Waals surface area (Å²) in [6, 6.07) is 4.83. The van der Waals surface area contributed by atoms with E-state index in [4.69, 9.17) is 14.6 Å². The van der Waals surface area contributed by atoms with Gasteiger partial charge in [-0.2, -0.15) is 8.78 Å². The lowest BCUT2D eigenvalue weighted by molar-refractivity contribution is -0.0514. The second kappa shape index (κ2) is 10.3. The molecule has 0 aromatic heterocycles. The summed E-state index contributed by atoms with van der Waals surface area (Å²) in [6.45, 7) is 1.25. The topological polar surface area (TPSA) is 60.0 Å². The number of alkyl halides is 2. The van der Waals surface area contributed by atoms with Gasteiger partial charge in [-0.25, -0.2) is 0 Å². The van der Waals surface area contributed by atoms with Crippen molar-refractivity contribution < 1.29 is 28.1 Å². The lowest BCUT2D eigenvalue weighted by Gasteiger charge is -2.13. The zero-order valence-corrected chi connectivity index (χ0v) is 12.0. The monoisotopic (exact) mass is 305 g/mol. The summed E-state index contributed by atoms with van der Waals surface area (Å²) in [7, 11) is 0. The van der Waals surface area contributed by atoms with Gasteiger partial charge in [0.25, 0.3) is 0 Å². The van der Waals surface area contributed by atoms with Crippen LogP contribution in [0.4, 0.5) is 8.78 Å². The maximum Gasteiger partial charge on any atom is 0.387 e. The first kappa shape index (κ1) is 17.6. The molecular formula is C14H21F2NO4. The summed E-state index contributed by atoms with van der Waals surface area (Å²) >= 11 is 0. The normalized spacial score (nSPS) is 10.9. The molecule has 0 amide bonds. The second-order valence-electron chi connectivity index (χ2n) is 4.11. The van der Waals surface area contributed by atoms with Gasteiger partial charge in [0.1, 0.15) is 0 Å². The number of ether oxygens (including phenoxy) is 3. The molecule has 0 saturated carbocycles. The molecule has 0 spiro atoms. The predicted octanol–water partition coefficient (Wildman–Crippen LogP) is 1.79. The predicted molar refractivity (Wildman–Crippen MR) is 73.9 cm³/mol. The van der Waals surface area contributed by atoms with Gasteiger partial charge in [0.15, 0.2) is 11.5 Å². The quantitative estimate of drug-likeness (QED) is 0.610. The molecule has 0 aliphatic rings. The van der Waals surface area contributed by atoms with Crippen molar-refractivity contribution in [2.45, 2.75) is 20.1 Å². The van der Waals surface area contributed by atoms with Gasteiger partial charge in [0, 0.05) is 13.1 Å². The maximum atomic E-state index is 12.3. The highest BCUT2D eigenvalue weighted by Crippen LogP contribution is 2.29. The van der Waals surface area contributed by atoms with Crippen LogP contribution < -0.4 is 14.8 Å². The van der Waals surface area contributed by atoms with Crippen LogP contribution in [0.3, 0.4) is 0 Å². The fourth-order valence-electron chi connectivity index (χ4n) is 1.67. The number of aliphatic hydroxyl groups excluding tert-OH is 1. The van der Waals surface area contributed by atoms with Crippen molar-refractivity contribution in [2.24, 2.45) is 0 Å². The van der Waals surface area contributed by atoms with Crippen LogP contribution in [0.5, 0.6) is 11.5 Å². The molecule has 0 saturated heterocycles. The Balaban J connectivity index is 2.49. The van der Waals surface area contributed by atoms with E-state index in [-0.39, 0.29) is 12.4 Å². The number of benzene rings is 1. The first-order valence-corrected chi connectivity index (χ1v) is 6.77. The fraction of sp³-hybridized carbons (Fsp3) is 0.571. The second-order valence-corrected chi connectivity index (χ2v) is 4.11. The van der Waals surface area contributed by atoms with Crippen molar-refractivity contribution in [1.82, 2.24) is 5.32 Å². The SMILES string of the molecule is CCOc1cc(CNCCOCCO)ccc1OC(F)F. The molecule has 7 heteroatoms. The summed E-state index contributed by atoms with van der Waals surface area (Å²) in [6.07, 6.45) is 0. The maximum absolute atomic E-state index is 12.3. The Morgan fingerprint density at radius 1 is 1.24 bits per heavy atom. The van der Waals surface area contributed by atoms with E-state index in [9.17, 15) is 8.78 Å². The number of hydrogen-bond acceptors (Lipinski definition) is 5. The van der Waals surface area contributed by atoms with E-state index >= 15 is 0 Å². The summed E-state index contributed by atoms with van der Waals surface area (Å²) in [4.78, 5) is 0. The molecule has 2 N–H and O–H groups in total. The number of hydrogen-bond donors (Lipinski definition) is 2. The van der Waals surface area contributed by atoms with Gasteiger partial charge in [0.05, 0.1) is 26.4 Å². The Hall–Kier alpha value is -1.44. The number of aliphatic hydroxyl groups is 1. The molecule has 0 atom stereocenters. The molecule has 0 aliphatic heterocycles. The van der Waals surface area contributed by atoms with Gasteiger partial charge in [-0.3, -0.25) is 0 Å². The minimum Gasteiger partial charge on any atom is -0.490 e. The van der Waals surface area contributed by atoms with Crippen LogP contribution >= 0.6 is 0 Å². The Kier molecular flexibility index (Phi) is 8.65. The van der Waals surface area contributed by atoms with Gasteiger partial charge in [0.2, 0.25) is 0 Å². The molecule has 0 bridgehead atoms. The smallest absolute Gasteiger partial charge is 0.387 e. The highest BCUT2D eigenvalue weighted by molar-refractivity contribution is 5.43. The van der Waals surface area contributed by atoms with Crippen LogP contribution in [0.25, 0.3) is 0 Å². The first-order valence-electron chi connectivity index (χ1n) is 6.77. The molecule has 0 heterocycles. The standard InChI is InChI=1S/C14H21F2NO4/c1-2-20-13-9-11(3-4-12(13)21-14(15)16)10-17-5-7-19-8-6-18/h3-4,9,14,17-18H,2,5-8,10H2,1H3. The van der Waals surface area contributed by atoms with Gasteiger partial charge in [-0.05, 0) is 24.6 Å². The van der Waals surface area contributed by atoms with Crippen molar-refractivity contribution in [2.75, 3.05) is 33.0 Å². The van der Waals surface area contributed by atoms with Gasteiger partial charge in [-0.1, -0.05) is 6.07 Å². The van der Waals surface area contributed by atoms with E-state index in [1.807, 2.05) is 0 Å². The summed E-state index contributed by atoms with van der Waals surface area (Å²) in [5, 5.41) is 11.7.